The Labute approximate surface area is 413 Å². The van der Waals surface area contributed by atoms with E-state index >= 15 is 0 Å². The minimum Gasteiger partial charge on any atom is -0.483 e. The van der Waals surface area contributed by atoms with Gasteiger partial charge in [-0.3, -0.25) is 29.4 Å². The van der Waals surface area contributed by atoms with Crippen molar-refractivity contribution in [2.24, 2.45) is 17.8 Å². The molecule has 0 unspecified atom stereocenters. The third-order valence-corrected chi connectivity index (χ3v) is 14.5. The normalized spacial score (nSPS) is 39.4. The number of cyclic esters (lactones) is 1. The summed E-state index contributed by atoms with van der Waals surface area (Å²) in [5, 5.41) is 81.1. The summed E-state index contributed by atoms with van der Waals surface area (Å²) in [5.41, 5.74) is -4.60. The van der Waals surface area contributed by atoms with Crippen LogP contribution in [0.25, 0.3) is 0 Å². The molecular weight excluding hydrogens is 917 g/mol. The second-order valence-electron chi connectivity index (χ2n) is 20.6. The van der Waals surface area contributed by atoms with Gasteiger partial charge in [0.15, 0.2) is 12.6 Å². The summed E-state index contributed by atoms with van der Waals surface area (Å²) in [6, 6.07) is 4.98. The molecule has 21 heteroatoms. The minimum absolute atomic E-state index is 0.0802. The number of esters is 1. The molecule has 0 aromatic heterocycles. The molecule has 3 aliphatic heterocycles. The molecule has 1 amide bonds. The van der Waals surface area contributed by atoms with Gasteiger partial charge in [0.1, 0.15) is 30.0 Å². The van der Waals surface area contributed by atoms with Crippen molar-refractivity contribution >= 4 is 24.0 Å². The average Bonchev–Trinajstić information content (AvgIpc) is 3.28. The van der Waals surface area contributed by atoms with Crippen LogP contribution in [0.5, 0.6) is 0 Å². The lowest BCUT2D eigenvalue weighted by atomic mass is 9.77. The van der Waals surface area contributed by atoms with Gasteiger partial charge in [-0.2, -0.15) is 0 Å². The first-order chi connectivity index (χ1) is 32.6. The number of ether oxygens (including phenoxy) is 6. The zero-order chi connectivity index (χ0) is 53.1. The van der Waals surface area contributed by atoms with E-state index in [1.807, 2.05) is 37.7 Å². The summed E-state index contributed by atoms with van der Waals surface area (Å²) in [7, 11) is 5.20. The van der Waals surface area contributed by atoms with E-state index in [1.54, 1.807) is 54.5 Å². The standard InChI is InChI=1S/C48H82N4O15.CH2O2/c1-14-36-48(10,59)41(55)31(6)51(21-17-20-49-37(53)23-33-18-15-16-19-34(33)52(60)61)26-27(2)24-46(8,58)43(67-45-39(54)35(50(11)12)22-28(3)63-45)29(4)40(30(5)44(57)65-36)66-38-25-47(9,62-13)42(56)32(7)64-38;2-1-3/h15-16,18-19,27-32,35-36,38-43,45,54-56,58-59H,14,17,20-26H2,1-13H3,(H,49,53);1H,(H,2,3)/t27-,28-,29+,30-,31-,32+,35+,36-,38+,39-,40+,41-,42+,43-,45+,46-,47-,48-;/m1./s1. The average molecular weight is 1000 g/mol. The predicted molar refractivity (Wildman–Crippen MR) is 256 cm³/mol. The van der Waals surface area contributed by atoms with Gasteiger partial charge in [0.2, 0.25) is 5.91 Å². The highest BCUT2D eigenvalue weighted by molar-refractivity contribution is 5.79. The molecule has 4 rings (SSSR count). The Hall–Kier alpha value is -3.45. The highest BCUT2D eigenvalue weighted by Gasteiger charge is 2.53. The fourth-order valence-corrected chi connectivity index (χ4v) is 10.5. The molecule has 0 bridgehead atoms. The Morgan fingerprint density at radius 2 is 1.64 bits per heavy atom. The molecule has 402 valence electrons. The lowest BCUT2D eigenvalue weighted by Crippen LogP contribution is -2.60. The van der Waals surface area contributed by atoms with Crippen LogP contribution in [0, 0.1) is 27.9 Å². The zero-order valence-corrected chi connectivity index (χ0v) is 43.4. The zero-order valence-electron chi connectivity index (χ0n) is 43.4. The van der Waals surface area contributed by atoms with Crippen LogP contribution in [0.4, 0.5) is 5.69 Å². The molecule has 18 atom stereocenters. The summed E-state index contributed by atoms with van der Waals surface area (Å²) in [5.74, 6) is -3.41. The molecule has 3 aliphatic rings. The molecular formula is C49H84N4O17. The van der Waals surface area contributed by atoms with Gasteiger partial charge in [0, 0.05) is 62.8 Å². The van der Waals surface area contributed by atoms with E-state index in [0.29, 0.717) is 19.4 Å². The maximum atomic E-state index is 14.5. The van der Waals surface area contributed by atoms with Crippen molar-refractivity contribution in [1.29, 1.82) is 0 Å². The van der Waals surface area contributed by atoms with Crippen molar-refractivity contribution < 1.29 is 78.4 Å². The molecule has 0 radical (unpaired) electrons. The highest BCUT2D eigenvalue weighted by Crippen LogP contribution is 2.40. The monoisotopic (exact) mass is 1000 g/mol. The Bertz CT molecular complexity index is 1820. The maximum absolute atomic E-state index is 14.5. The molecule has 21 nitrogen and oxygen atoms in total. The van der Waals surface area contributed by atoms with Gasteiger partial charge in [0.05, 0.1) is 52.9 Å². The number of carboxylic acid groups (broad SMARTS) is 1. The number of nitrogens with one attached hydrogen (secondary N) is 1. The van der Waals surface area contributed by atoms with E-state index < -0.39 is 107 Å². The van der Waals surface area contributed by atoms with Gasteiger partial charge in [-0.05, 0) is 94.2 Å². The number of benzene rings is 1. The van der Waals surface area contributed by atoms with Crippen molar-refractivity contribution in [2.45, 2.75) is 198 Å². The van der Waals surface area contributed by atoms with Crippen LogP contribution in [0.1, 0.15) is 107 Å². The first-order valence-corrected chi connectivity index (χ1v) is 24.4. The molecule has 3 heterocycles. The van der Waals surface area contributed by atoms with E-state index in [4.69, 9.17) is 38.3 Å². The second-order valence-corrected chi connectivity index (χ2v) is 20.6. The number of aliphatic hydroxyl groups excluding tert-OH is 3. The van der Waals surface area contributed by atoms with Gasteiger partial charge in [-0.15, -0.1) is 0 Å². The number of methoxy groups -OCH3 is 1. The number of nitro benzene ring substituents is 1. The first kappa shape index (κ1) is 60.9. The Morgan fingerprint density at radius 3 is 2.23 bits per heavy atom. The molecule has 1 aromatic carbocycles. The molecule has 3 fully saturated rings. The number of nitrogens with zero attached hydrogens (tertiary/aromatic N) is 3. The predicted octanol–water partition coefficient (Wildman–Crippen LogP) is 2.63. The number of aliphatic hydroxyl groups is 5. The maximum Gasteiger partial charge on any atom is 0.311 e. The number of likely N-dealkylation sites (N-methyl/N-ethyl adjacent to an activating group) is 1. The SMILES string of the molecule is CC[C@H]1OC(=O)[C@H](C)[C@@H](O[C@H]2C[C@@](C)(OC)[C@@H](O)[C@H](C)O2)[C@H](C)[C@@H](O[C@@H]2O[C@H](C)C[C@H](N(C)C)[C@H]2O)[C@](C)(O)C[C@@H](C)CN(CCCNC(=O)Cc2ccccc2[N+](=O)[O-])[C@H](C)[C@@H](O)[C@]1(C)O.O=CO. The number of hydrogen-bond acceptors (Lipinski definition) is 18. The first-order valence-electron chi connectivity index (χ1n) is 24.4. The van der Waals surface area contributed by atoms with Crippen LogP contribution in [0.3, 0.4) is 0 Å². The van der Waals surface area contributed by atoms with Crippen molar-refractivity contribution in [2.75, 3.05) is 40.8 Å². The molecule has 0 saturated carbocycles. The van der Waals surface area contributed by atoms with Crippen LogP contribution in [-0.4, -0.2) is 195 Å². The van der Waals surface area contributed by atoms with E-state index in [2.05, 4.69) is 5.32 Å². The summed E-state index contributed by atoms with van der Waals surface area (Å²) in [6.45, 7) is 17.8. The Balaban J connectivity index is 0.00000421. The number of para-hydroxylation sites is 1. The van der Waals surface area contributed by atoms with Crippen molar-refractivity contribution in [1.82, 2.24) is 15.1 Å². The third kappa shape index (κ3) is 15.5. The summed E-state index contributed by atoms with van der Waals surface area (Å²) < 4.78 is 37.9. The summed E-state index contributed by atoms with van der Waals surface area (Å²) in [6.07, 6.45) is -9.22. The Morgan fingerprint density at radius 1 is 1.01 bits per heavy atom. The molecule has 3 saturated heterocycles. The molecule has 0 spiro atoms. The number of amides is 1. The molecule has 1 aromatic rings. The van der Waals surface area contributed by atoms with Crippen molar-refractivity contribution in [3.8, 4) is 0 Å². The quantitative estimate of drug-likeness (QED) is 0.0464. The van der Waals surface area contributed by atoms with Gasteiger partial charge < -0.3 is 69.3 Å². The van der Waals surface area contributed by atoms with Crippen LogP contribution < -0.4 is 5.32 Å². The van der Waals surface area contributed by atoms with Gasteiger partial charge in [-0.25, -0.2) is 0 Å². The number of rotatable bonds is 14. The van der Waals surface area contributed by atoms with E-state index in [1.165, 1.54) is 32.2 Å². The van der Waals surface area contributed by atoms with Gasteiger partial charge >= 0.3 is 5.97 Å². The fraction of sp³-hybridized carbons (Fsp3) is 0.816. The molecule has 0 aliphatic carbocycles. The number of hydrogen-bond donors (Lipinski definition) is 7. The third-order valence-electron chi connectivity index (χ3n) is 14.5. The Kier molecular flexibility index (Phi) is 23.0. The topological polar surface area (TPSA) is 290 Å². The van der Waals surface area contributed by atoms with Gasteiger partial charge in [-0.1, -0.05) is 39.0 Å². The number of nitro groups is 1. The minimum atomic E-state index is -1.96. The van der Waals surface area contributed by atoms with Crippen LogP contribution in [0.2, 0.25) is 0 Å². The smallest absolute Gasteiger partial charge is 0.311 e. The van der Waals surface area contributed by atoms with Crippen molar-refractivity contribution in [3.63, 3.8) is 0 Å². The molecule has 7 N–H and O–H groups in total. The van der Waals surface area contributed by atoms with E-state index in [9.17, 15) is 45.2 Å². The number of carbonyl (C=O) groups is 3. The largest absolute Gasteiger partial charge is 0.483 e. The van der Waals surface area contributed by atoms with E-state index in [0.717, 1.165) is 0 Å². The number of carbonyl (C=O) groups excluding carboxylic acids is 2. The summed E-state index contributed by atoms with van der Waals surface area (Å²) >= 11 is 0. The van der Waals surface area contributed by atoms with Crippen LogP contribution in [0.15, 0.2) is 24.3 Å². The fourth-order valence-electron chi connectivity index (χ4n) is 10.5. The second kappa shape index (κ2) is 26.5. The highest BCUT2D eigenvalue weighted by atomic mass is 16.7. The molecule has 70 heavy (non-hydrogen) atoms. The van der Waals surface area contributed by atoms with Crippen molar-refractivity contribution in [3.05, 3.63) is 39.9 Å². The van der Waals surface area contributed by atoms with E-state index in [-0.39, 0.29) is 74.6 Å². The van der Waals surface area contributed by atoms with Crippen LogP contribution >= 0.6 is 0 Å². The van der Waals surface area contributed by atoms with Gasteiger partial charge in [0.25, 0.3) is 12.2 Å². The van der Waals surface area contributed by atoms with Crippen LogP contribution in [-0.2, 0) is 49.2 Å². The lowest BCUT2D eigenvalue weighted by molar-refractivity contribution is -0.385. The lowest BCUT2D eigenvalue weighted by Gasteiger charge is -2.48. The summed E-state index contributed by atoms with van der Waals surface area (Å²) in [4.78, 5) is 50.7.